The fourth-order valence-corrected chi connectivity index (χ4v) is 2.01. The van der Waals surface area contributed by atoms with Crippen LogP contribution in [0.4, 0.5) is 4.79 Å². The van der Waals surface area contributed by atoms with Crippen LogP contribution in [0.25, 0.3) is 0 Å². The van der Waals surface area contributed by atoms with Crippen molar-refractivity contribution in [3.05, 3.63) is 35.9 Å². The van der Waals surface area contributed by atoms with Gasteiger partial charge in [-0.25, -0.2) is 4.79 Å². The highest BCUT2D eigenvalue weighted by atomic mass is 16.6. The highest BCUT2D eigenvalue weighted by molar-refractivity contribution is 5.67. The Morgan fingerprint density at radius 3 is 2.95 bits per heavy atom. The maximum Gasteiger partial charge on any atom is 0.410 e. The highest BCUT2D eigenvalue weighted by Gasteiger charge is 2.25. The fraction of sp³-hybridized carbons (Fsp3) is 0.500. The molecule has 0 spiro atoms. The second-order valence-electron chi connectivity index (χ2n) is 4.80. The Morgan fingerprint density at radius 2 is 2.21 bits per heavy atom. The number of aliphatic hydroxyl groups excluding tert-OH is 1. The quantitative estimate of drug-likeness (QED) is 0.836. The Balaban J connectivity index is 1.85. The van der Waals surface area contributed by atoms with Gasteiger partial charge in [-0.3, -0.25) is 0 Å². The van der Waals surface area contributed by atoms with Gasteiger partial charge in [0.05, 0.1) is 12.6 Å². The molecule has 0 bridgehead atoms. The summed E-state index contributed by atoms with van der Waals surface area (Å²) in [5.74, 6) is 0. The lowest BCUT2D eigenvalue weighted by molar-refractivity contribution is 0.0706. The number of carbonyl (C=O) groups excluding carboxylic acids is 1. The van der Waals surface area contributed by atoms with Crippen LogP contribution in [0.2, 0.25) is 0 Å². The zero-order valence-electron chi connectivity index (χ0n) is 11.1. The lowest BCUT2D eigenvalue weighted by atomic mass is 10.2. The van der Waals surface area contributed by atoms with Gasteiger partial charge in [0, 0.05) is 19.1 Å². The van der Waals surface area contributed by atoms with Crippen LogP contribution in [0.5, 0.6) is 0 Å². The van der Waals surface area contributed by atoms with E-state index in [1.165, 1.54) is 0 Å². The molecule has 1 aliphatic rings. The lowest BCUT2D eigenvalue weighted by Gasteiger charge is -2.22. The molecule has 5 nitrogen and oxygen atoms in total. The molecule has 2 N–H and O–H groups in total. The number of β-amino-alcohol motifs (C(OH)–C–C–N with tert-alkyl or cyclic N) is 1. The summed E-state index contributed by atoms with van der Waals surface area (Å²) in [6, 6.07) is 9.55. The van der Waals surface area contributed by atoms with Crippen LogP contribution in [-0.2, 0) is 11.3 Å². The first-order valence-electron chi connectivity index (χ1n) is 6.54. The van der Waals surface area contributed by atoms with Gasteiger partial charge < -0.3 is 20.1 Å². The minimum atomic E-state index is -0.563. The summed E-state index contributed by atoms with van der Waals surface area (Å²) in [5.41, 5.74) is 0.956. The number of nitrogens with one attached hydrogen (secondary N) is 1. The first-order chi connectivity index (χ1) is 9.16. The number of hydrogen-bond donors (Lipinski definition) is 2. The molecule has 1 aliphatic heterocycles. The third-order valence-electron chi connectivity index (χ3n) is 3.30. The minimum Gasteiger partial charge on any atom is -0.445 e. The molecule has 1 aromatic rings. The summed E-state index contributed by atoms with van der Waals surface area (Å²) < 4.78 is 5.25. The molecule has 19 heavy (non-hydrogen) atoms. The summed E-state index contributed by atoms with van der Waals surface area (Å²) >= 11 is 0. The number of hydrogen-bond acceptors (Lipinski definition) is 4. The molecule has 0 radical (unpaired) electrons. The second-order valence-corrected chi connectivity index (χ2v) is 4.80. The van der Waals surface area contributed by atoms with Crippen LogP contribution < -0.4 is 5.32 Å². The topological polar surface area (TPSA) is 61.8 Å². The van der Waals surface area contributed by atoms with Crippen LogP contribution in [0, 0.1) is 0 Å². The Kier molecular flexibility index (Phi) is 4.76. The molecular formula is C14H20N2O3. The van der Waals surface area contributed by atoms with E-state index in [1.54, 1.807) is 4.90 Å². The first kappa shape index (κ1) is 13.8. The predicted molar refractivity (Wildman–Crippen MR) is 71.7 cm³/mol. The van der Waals surface area contributed by atoms with Crippen molar-refractivity contribution in [1.82, 2.24) is 10.2 Å². The van der Waals surface area contributed by atoms with E-state index in [-0.39, 0.29) is 18.7 Å². The zero-order valence-corrected chi connectivity index (χ0v) is 11.1. The van der Waals surface area contributed by atoms with Gasteiger partial charge in [0.25, 0.3) is 0 Å². The van der Waals surface area contributed by atoms with Crippen molar-refractivity contribution in [2.45, 2.75) is 25.7 Å². The van der Waals surface area contributed by atoms with Gasteiger partial charge in [-0.05, 0) is 12.5 Å². The van der Waals surface area contributed by atoms with E-state index in [9.17, 15) is 9.90 Å². The summed E-state index contributed by atoms with van der Waals surface area (Å²) in [5, 5.41) is 13.0. The van der Waals surface area contributed by atoms with Crippen molar-refractivity contribution in [3.8, 4) is 0 Å². The standard InChI is InChI=1S/C14H20N2O3/c1-11-13(17)9-16(8-7-15-11)14(18)19-10-12-5-3-2-4-6-12/h2-6,11,13,15,17H,7-10H2,1H3. The first-order valence-corrected chi connectivity index (χ1v) is 6.54. The van der Waals surface area contributed by atoms with Gasteiger partial charge in [0.1, 0.15) is 6.61 Å². The van der Waals surface area contributed by atoms with Gasteiger partial charge in [0.2, 0.25) is 0 Å². The molecule has 2 rings (SSSR count). The molecule has 0 aliphatic carbocycles. The molecular weight excluding hydrogens is 244 g/mol. The Morgan fingerprint density at radius 1 is 1.47 bits per heavy atom. The number of benzene rings is 1. The van der Waals surface area contributed by atoms with E-state index < -0.39 is 6.10 Å². The molecule has 1 saturated heterocycles. The van der Waals surface area contributed by atoms with Gasteiger partial charge in [-0.15, -0.1) is 0 Å². The summed E-state index contributed by atoms with van der Waals surface area (Å²) in [4.78, 5) is 13.5. The molecule has 1 heterocycles. The van der Waals surface area contributed by atoms with Crippen LogP contribution in [-0.4, -0.2) is 47.9 Å². The van der Waals surface area contributed by atoms with E-state index in [0.29, 0.717) is 19.6 Å². The molecule has 1 aromatic carbocycles. The minimum absolute atomic E-state index is 0.00748. The molecule has 5 heteroatoms. The normalized spacial score (nSPS) is 23.8. The number of carbonyl (C=O) groups is 1. The van der Waals surface area contributed by atoms with Crippen molar-refractivity contribution < 1.29 is 14.6 Å². The highest BCUT2D eigenvalue weighted by Crippen LogP contribution is 2.07. The fourth-order valence-electron chi connectivity index (χ4n) is 2.01. The summed E-state index contributed by atoms with van der Waals surface area (Å²) in [7, 11) is 0. The molecule has 2 atom stereocenters. The third kappa shape index (κ3) is 3.94. The Bertz CT molecular complexity index is 410. The molecule has 1 fully saturated rings. The number of nitrogens with zero attached hydrogens (tertiary/aromatic N) is 1. The molecule has 0 saturated carbocycles. The largest absolute Gasteiger partial charge is 0.445 e. The maximum absolute atomic E-state index is 11.9. The van der Waals surface area contributed by atoms with Crippen molar-refractivity contribution in [3.63, 3.8) is 0 Å². The molecule has 0 aromatic heterocycles. The van der Waals surface area contributed by atoms with Crippen LogP contribution >= 0.6 is 0 Å². The molecule has 104 valence electrons. The monoisotopic (exact) mass is 264 g/mol. The Labute approximate surface area is 113 Å². The van der Waals surface area contributed by atoms with Crippen molar-refractivity contribution in [1.29, 1.82) is 0 Å². The van der Waals surface area contributed by atoms with E-state index in [0.717, 1.165) is 5.56 Å². The number of amides is 1. The average Bonchev–Trinajstić information content (AvgIpc) is 2.60. The number of aliphatic hydroxyl groups is 1. The van der Waals surface area contributed by atoms with E-state index in [2.05, 4.69) is 5.32 Å². The average molecular weight is 264 g/mol. The van der Waals surface area contributed by atoms with Gasteiger partial charge >= 0.3 is 6.09 Å². The summed E-state index contributed by atoms with van der Waals surface area (Å²) in [6.07, 6.45) is -0.939. The molecule has 2 unspecified atom stereocenters. The number of rotatable bonds is 2. The zero-order chi connectivity index (χ0) is 13.7. The predicted octanol–water partition coefficient (Wildman–Crippen LogP) is 0.978. The summed E-state index contributed by atoms with van der Waals surface area (Å²) in [6.45, 7) is 3.69. The van der Waals surface area contributed by atoms with Gasteiger partial charge in [-0.1, -0.05) is 30.3 Å². The van der Waals surface area contributed by atoms with Crippen molar-refractivity contribution >= 4 is 6.09 Å². The van der Waals surface area contributed by atoms with Crippen LogP contribution in [0.1, 0.15) is 12.5 Å². The molecule has 1 amide bonds. The smallest absolute Gasteiger partial charge is 0.410 e. The Hall–Kier alpha value is -1.59. The number of ether oxygens (including phenoxy) is 1. The van der Waals surface area contributed by atoms with E-state index in [1.807, 2.05) is 37.3 Å². The van der Waals surface area contributed by atoms with Crippen LogP contribution in [0.15, 0.2) is 30.3 Å². The van der Waals surface area contributed by atoms with Crippen LogP contribution in [0.3, 0.4) is 0 Å². The van der Waals surface area contributed by atoms with Gasteiger partial charge in [-0.2, -0.15) is 0 Å². The van der Waals surface area contributed by atoms with E-state index in [4.69, 9.17) is 4.74 Å². The lowest BCUT2D eigenvalue weighted by Crippen LogP contribution is -2.40. The van der Waals surface area contributed by atoms with Crippen molar-refractivity contribution in [2.75, 3.05) is 19.6 Å². The SMILES string of the molecule is CC1NCCN(C(=O)OCc2ccccc2)CC1O. The third-order valence-corrected chi connectivity index (χ3v) is 3.30. The van der Waals surface area contributed by atoms with Crippen molar-refractivity contribution in [2.24, 2.45) is 0 Å². The van der Waals surface area contributed by atoms with E-state index >= 15 is 0 Å². The maximum atomic E-state index is 11.9. The second kappa shape index (κ2) is 6.54. The van der Waals surface area contributed by atoms with Gasteiger partial charge in [0.15, 0.2) is 0 Å².